The fraction of sp³-hybridized carbons (Fsp3) is 0.286. The first-order valence-corrected chi connectivity index (χ1v) is 5.83. The average Bonchev–Trinajstić information content (AvgIpc) is 2.78. The van der Waals surface area contributed by atoms with Crippen molar-refractivity contribution in [3.8, 4) is 11.3 Å². The van der Waals surface area contributed by atoms with Crippen molar-refractivity contribution in [1.29, 1.82) is 0 Å². The third-order valence-corrected chi connectivity index (χ3v) is 2.64. The van der Waals surface area contributed by atoms with E-state index in [2.05, 4.69) is 11.2 Å². The maximum Gasteiger partial charge on any atom is 0.377 e. The maximum absolute atomic E-state index is 11.5. The summed E-state index contributed by atoms with van der Waals surface area (Å²) in [7, 11) is 0. The van der Waals surface area contributed by atoms with Crippen molar-refractivity contribution in [2.75, 3.05) is 6.61 Å². The molecule has 4 heteroatoms. The predicted octanol–water partition coefficient (Wildman–Crippen LogP) is 3.14. The fourth-order valence-electron chi connectivity index (χ4n) is 1.80. The van der Waals surface area contributed by atoms with Crippen molar-refractivity contribution in [3.05, 3.63) is 41.2 Å². The summed E-state index contributed by atoms with van der Waals surface area (Å²) in [6.45, 7) is 6.10. The van der Waals surface area contributed by atoms with E-state index in [-0.39, 0.29) is 5.76 Å². The Morgan fingerprint density at radius 3 is 2.78 bits per heavy atom. The molecule has 0 radical (unpaired) electrons. The van der Waals surface area contributed by atoms with Crippen LogP contribution >= 0.6 is 0 Å². The third kappa shape index (κ3) is 2.42. The molecule has 1 heterocycles. The molecule has 1 aromatic heterocycles. The molecule has 94 valence electrons. The molecule has 0 unspecified atom stereocenters. The molecule has 0 aliphatic carbocycles. The van der Waals surface area contributed by atoms with E-state index in [0.29, 0.717) is 12.3 Å². The summed E-state index contributed by atoms with van der Waals surface area (Å²) in [5.74, 6) is -0.354. The number of rotatable bonds is 3. The number of carbonyl (C=O) groups excluding carboxylic acids is 1. The van der Waals surface area contributed by atoms with E-state index < -0.39 is 5.97 Å². The highest BCUT2D eigenvalue weighted by Crippen LogP contribution is 2.24. The van der Waals surface area contributed by atoms with E-state index in [4.69, 9.17) is 9.26 Å². The standard InChI is InChI=1S/C14H15NO3/c1-4-17-14(16)13-8-12(15-18-13)11-6-5-9(2)7-10(11)3/h5-8H,4H2,1-3H3. The van der Waals surface area contributed by atoms with Crippen molar-refractivity contribution in [2.24, 2.45) is 0 Å². The van der Waals surface area contributed by atoms with Crippen LogP contribution in [-0.4, -0.2) is 17.7 Å². The Balaban J connectivity index is 2.32. The second-order valence-corrected chi connectivity index (χ2v) is 4.12. The van der Waals surface area contributed by atoms with Gasteiger partial charge in [0.2, 0.25) is 5.76 Å². The van der Waals surface area contributed by atoms with E-state index in [1.54, 1.807) is 13.0 Å². The van der Waals surface area contributed by atoms with Crippen molar-refractivity contribution in [3.63, 3.8) is 0 Å². The van der Waals surface area contributed by atoms with E-state index in [0.717, 1.165) is 11.1 Å². The van der Waals surface area contributed by atoms with Gasteiger partial charge in [-0.15, -0.1) is 0 Å². The first-order chi connectivity index (χ1) is 8.61. The maximum atomic E-state index is 11.5. The molecule has 0 spiro atoms. The van der Waals surface area contributed by atoms with Crippen LogP contribution in [-0.2, 0) is 4.74 Å². The fourth-order valence-corrected chi connectivity index (χ4v) is 1.80. The number of aryl methyl sites for hydroxylation is 2. The van der Waals surface area contributed by atoms with Crippen LogP contribution in [0.5, 0.6) is 0 Å². The van der Waals surface area contributed by atoms with Crippen molar-refractivity contribution in [1.82, 2.24) is 5.16 Å². The molecular weight excluding hydrogens is 230 g/mol. The van der Waals surface area contributed by atoms with E-state index >= 15 is 0 Å². The molecule has 0 aliphatic rings. The topological polar surface area (TPSA) is 52.3 Å². The Morgan fingerprint density at radius 1 is 1.33 bits per heavy atom. The smallest absolute Gasteiger partial charge is 0.377 e. The van der Waals surface area contributed by atoms with Gasteiger partial charge in [0.25, 0.3) is 0 Å². The summed E-state index contributed by atoms with van der Waals surface area (Å²) in [6.07, 6.45) is 0. The molecule has 0 atom stereocenters. The number of esters is 1. The summed E-state index contributed by atoms with van der Waals surface area (Å²) in [6, 6.07) is 7.64. The Morgan fingerprint density at radius 2 is 2.11 bits per heavy atom. The predicted molar refractivity (Wildman–Crippen MR) is 67.4 cm³/mol. The summed E-state index contributed by atoms with van der Waals surface area (Å²) in [5.41, 5.74) is 3.89. The summed E-state index contributed by atoms with van der Waals surface area (Å²) < 4.78 is 9.85. The minimum atomic E-state index is -0.485. The Labute approximate surface area is 106 Å². The normalized spacial score (nSPS) is 10.4. The molecule has 4 nitrogen and oxygen atoms in total. The van der Waals surface area contributed by atoms with Crippen LogP contribution in [0.15, 0.2) is 28.8 Å². The molecular formula is C14H15NO3. The molecule has 0 aliphatic heterocycles. The summed E-state index contributed by atoms with van der Waals surface area (Å²) >= 11 is 0. The highest BCUT2D eigenvalue weighted by molar-refractivity contribution is 5.87. The van der Waals surface area contributed by atoms with Crippen molar-refractivity contribution < 1.29 is 14.1 Å². The second-order valence-electron chi connectivity index (χ2n) is 4.12. The van der Waals surface area contributed by atoms with Crippen LogP contribution in [0, 0.1) is 13.8 Å². The van der Waals surface area contributed by atoms with Gasteiger partial charge in [-0.25, -0.2) is 4.79 Å². The molecule has 0 bridgehead atoms. The first-order valence-electron chi connectivity index (χ1n) is 5.83. The first kappa shape index (κ1) is 12.4. The second kappa shape index (κ2) is 5.04. The number of ether oxygens (including phenoxy) is 1. The summed E-state index contributed by atoms with van der Waals surface area (Å²) in [5, 5.41) is 3.90. The van der Waals surface area contributed by atoms with Gasteiger partial charge in [0.1, 0.15) is 5.69 Å². The highest BCUT2D eigenvalue weighted by atomic mass is 16.6. The number of benzene rings is 1. The van der Waals surface area contributed by atoms with Gasteiger partial charge < -0.3 is 9.26 Å². The van der Waals surface area contributed by atoms with Gasteiger partial charge >= 0.3 is 5.97 Å². The Bertz CT molecular complexity index is 572. The zero-order valence-corrected chi connectivity index (χ0v) is 10.7. The van der Waals surface area contributed by atoms with Crippen molar-refractivity contribution >= 4 is 5.97 Å². The molecule has 0 amide bonds. The zero-order chi connectivity index (χ0) is 13.1. The van der Waals surface area contributed by atoms with Gasteiger partial charge in [-0.05, 0) is 26.3 Å². The van der Waals surface area contributed by atoms with Crippen LogP contribution in [0.4, 0.5) is 0 Å². The molecule has 18 heavy (non-hydrogen) atoms. The number of hydrogen-bond donors (Lipinski definition) is 0. The minimum absolute atomic E-state index is 0.131. The molecule has 0 N–H and O–H groups in total. The van der Waals surface area contributed by atoms with E-state index in [1.165, 1.54) is 5.56 Å². The molecule has 1 aromatic carbocycles. The number of carbonyl (C=O) groups is 1. The Hall–Kier alpha value is -2.10. The lowest BCUT2D eigenvalue weighted by Gasteiger charge is -2.02. The lowest BCUT2D eigenvalue weighted by Crippen LogP contribution is -2.02. The number of nitrogens with zero attached hydrogens (tertiary/aromatic N) is 1. The van der Waals surface area contributed by atoms with E-state index in [9.17, 15) is 4.79 Å². The van der Waals surface area contributed by atoms with Crippen LogP contribution in [0.25, 0.3) is 11.3 Å². The van der Waals surface area contributed by atoms with Gasteiger partial charge in [0.05, 0.1) is 6.61 Å². The molecule has 0 saturated heterocycles. The van der Waals surface area contributed by atoms with Crippen molar-refractivity contribution in [2.45, 2.75) is 20.8 Å². The van der Waals surface area contributed by atoms with Gasteiger partial charge in [-0.2, -0.15) is 0 Å². The van der Waals surface area contributed by atoms with Crippen LogP contribution < -0.4 is 0 Å². The monoisotopic (exact) mass is 245 g/mol. The van der Waals surface area contributed by atoms with Gasteiger partial charge in [0, 0.05) is 11.6 Å². The Kier molecular flexibility index (Phi) is 3.46. The SMILES string of the molecule is CCOC(=O)c1cc(-c2ccc(C)cc2C)no1. The lowest BCUT2D eigenvalue weighted by molar-refractivity contribution is 0.0480. The number of hydrogen-bond acceptors (Lipinski definition) is 4. The summed E-state index contributed by atoms with van der Waals surface area (Å²) in [4.78, 5) is 11.5. The molecule has 0 fully saturated rings. The van der Waals surface area contributed by atoms with Crippen LogP contribution in [0.3, 0.4) is 0 Å². The lowest BCUT2D eigenvalue weighted by atomic mass is 10.0. The quantitative estimate of drug-likeness (QED) is 0.779. The van der Waals surface area contributed by atoms with Crippen LogP contribution in [0.2, 0.25) is 0 Å². The molecule has 2 aromatic rings. The van der Waals surface area contributed by atoms with E-state index in [1.807, 2.05) is 26.0 Å². The van der Waals surface area contributed by atoms with Gasteiger partial charge in [0.15, 0.2) is 0 Å². The average molecular weight is 245 g/mol. The van der Waals surface area contributed by atoms with Gasteiger partial charge in [-0.3, -0.25) is 0 Å². The zero-order valence-electron chi connectivity index (χ0n) is 10.7. The largest absolute Gasteiger partial charge is 0.460 e. The number of aromatic nitrogens is 1. The minimum Gasteiger partial charge on any atom is -0.460 e. The molecule has 2 rings (SSSR count). The van der Waals surface area contributed by atoms with Crippen LogP contribution in [0.1, 0.15) is 28.6 Å². The van der Waals surface area contributed by atoms with Gasteiger partial charge in [-0.1, -0.05) is 28.9 Å². The highest BCUT2D eigenvalue weighted by Gasteiger charge is 2.15. The molecule has 0 saturated carbocycles. The third-order valence-electron chi connectivity index (χ3n) is 2.64.